The Labute approximate surface area is 175 Å². The van der Waals surface area contributed by atoms with Gasteiger partial charge in [-0.3, -0.25) is 4.99 Å². The van der Waals surface area contributed by atoms with Crippen molar-refractivity contribution in [2.75, 3.05) is 7.05 Å². The van der Waals surface area contributed by atoms with E-state index in [1.165, 1.54) is 17.5 Å². The second-order valence-corrected chi connectivity index (χ2v) is 8.53. The van der Waals surface area contributed by atoms with Crippen LogP contribution in [-0.2, 0) is 19.4 Å². The molecule has 5 rings (SSSR count). The number of aryl methyl sites for hydroxylation is 1. The summed E-state index contributed by atoms with van der Waals surface area (Å²) < 4.78 is 2.41. The fourth-order valence-electron chi connectivity index (χ4n) is 4.01. The zero-order valence-corrected chi connectivity index (χ0v) is 17.3. The number of amides is 1. The van der Waals surface area contributed by atoms with E-state index < -0.39 is 11.7 Å². The van der Waals surface area contributed by atoms with Crippen LogP contribution >= 0.6 is 22.9 Å². The number of carbonyl (C=O) groups excluding carboxylic acids is 1. The minimum atomic E-state index is -0.561. The third-order valence-electron chi connectivity index (χ3n) is 5.35. The number of hydrogen-bond donors (Lipinski definition) is 1. The molecular weight excluding hydrogens is 410 g/mol. The topological polar surface area (TPSA) is 81.3 Å². The van der Waals surface area contributed by atoms with Crippen molar-refractivity contribution in [3.63, 3.8) is 0 Å². The fraction of sp³-hybridized carbons (Fsp3) is 0.300. The number of nitrogens with one attached hydrogen (secondary N) is 1. The number of benzene rings is 1. The molecule has 0 saturated carbocycles. The first kappa shape index (κ1) is 18.3. The van der Waals surface area contributed by atoms with Gasteiger partial charge in [0, 0.05) is 28.1 Å². The molecule has 148 valence electrons. The van der Waals surface area contributed by atoms with Gasteiger partial charge in [-0.05, 0) is 37.3 Å². The molecule has 0 unspecified atom stereocenters. The van der Waals surface area contributed by atoms with E-state index in [-0.39, 0.29) is 6.54 Å². The van der Waals surface area contributed by atoms with Crippen LogP contribution in [-0.4, -0.2) is 33.1 Å². The highest BCUT2D eigenvalue weighted by molar-refractivity contribution is 7.15. The lowest BCUT2D eigenvalue weighted by molar-refractivity contribution is 0.240. The van der Waals surface area contributed by atoms with Crippen molar-refractivity contribution < 1.29 is 4.79 Å². The minimum Gasteiger partial charge on any atom is -0.339 e. The molecule has 29 heavy (non-hydrogen) atoms. The monoisotopic (exact) mass is 427 g/mol. The highest BCUT2D eigenvalue weighted by atomic mass is 35.5. The lowest BCUT2D eigenvalue weighted by atomic mass is 9.91. The first-order valence-corrected chi connectivity index (χ1v) is 10.7. The average Bonchev–Trinajstić information content (AvgIpc) is 3.21. The maximum Gasteiger partial charge on any atom is 0.360 e. The molecule has 1 aliphatic carbocycles. The molecule has 0 atom stereocenters. The number of nitrogens with zero attached hydrogens (tertiary/aromatic N) is 4. The van der Waals surface area contributed by atoms with Crippen LogP contribution in [0.5, 0.6) is 0 Å². The second-order valence-electron chi connectivity index (χ2n) is 7.04. The Morgan fingerprint density at radius 1 is 1.24 bits per heavy atom. The molecule has 3 aromatic rings. The van der Waals surface area contributed by atoms with Gasteiger partial charge in [-0.1, -0.05) is 29.8 Å². The van der Waals surface area contributed by atoms with Gasteiger partial charge in [-0.25, -0.2) is 14.2 Å². The van der Waals surface area contributed by atoms with Crippen LogP contribution in [0.2, 0.25) is 5.02 Å². The summed E-state index contributed by atoms with van der Waals surface area (Å²) in [5.74, 6) is 0.445. The Kier molecular flexibility index (Phi) is 4.40. The molecule has 2 aromatic heterocycles. The van der Waals surface area contributed by atoms with Crippen molar-refractivity contribution in [2.45, 2.75) is 32.2 Å². The molecule has 9 heteroatoms. The Balaban J connectivity index is 1.81. The van der Waals surface area contributed by atoms with Gasteiger partial charge in [-0.15, -0.1) is 21.1 Å². The van der Waals surface area contributed by atoms with Gasteiger partial charge >= 0.3 is 11.7 Å². The van der Waals surface area contributed by atoms with Crippen molar-refractivity contribution >= 4 is 34.7 Å². The van der Waals surface area contributed by atoms with Gasteiger partial charge < -0.3 is 5.32 Å². The van der Waals surface area contributed by atoms with E-state index in [0.29, 0.717) is 10.8 Å². The molecule has 0 saturated heterocycles. The van der Waals surface area contributed by atoms with Gasteiger partial charge in [0.2, 0.25) is 0 Å². The summed E-state index contributed by atoms with van der Waals surface area (Å²) in [7, 11) is 1.47. The van der Waals surface area contributed by atoms with Crippen molar-refractivity contribution in [3.05, 3.63) is 67.2 Å². The summed E-state index contributed by atoms with van der Waals surface area (Å²) in [5, 5.41) is 8.12. The van der Waals surface area contributed by atoms with E-state index in [0.717, 1.165) is 52.2 Å². The predicted octanol–water partition coefficient (Wildman–Crippen LogP) is 3.17. The highest BCUT2D eigenvalue weighted by Gasteiger charge is 2.32. The second kappa shape index (κ2) is 6.96. The first-order valence-electron chi connectivity index (χ1n) is 9.47. The smallest absolute Gasteiger partial charge is 0.339 e. The van der Waals surface area contributed by atoms with Gasteiger partial charge in [0.1, 0.15) is 11.5 Å². The third kappa shape index (κ3) is 2.78. The van der Waals surface area contributed by atoms with Crippen LogP contribution in [0.25, 0.3) is 5.00 Å². The number of halogens is 1. The molecule has 0 radical (unpaired) electrons. The number of thiophene rings is 1. The third-order valence-corrected chi connectivity index (χ3v) is 6.96. The van der Waals surface area contributed by atoms with E-state index in [2.05, 4.69) is 10.4 Å². The summed E-state index contributed by atoms with van der Waals surface area (Å²) in [6.45, 7) is 0.190. The van der Waals surface area contributed by atoms with Crippen LogP contribution in [0.4, 0.5) is 4.79 Å². The van der Waals surface area contributed by atoms with Gasteiger partial charge in [0.25, 0.3) is 0 Å². The Morgan fingerprint density at radius 3 is 2.83 bits per heavy atom. The molecule has 7 nitrogen and oxygen atoms in total. The van der Waals surface area contributed by atoms with Crippen molar-refractivity contribution in [1.82, 2.24) is 19.7 Å². The molecule has 3 heterocycles. The molecule has 1 aliphatic heterocycles. The van der Waals surface area contributed by atoms with E-state index in [9.17, 15) is 9.59 Å². The lowest BCUT2D eigenvalue weighted by Crippen LogP contribution is -2.35. The standard InChI is InChI=1S/C20H18ClN5O2S/c1-22-19(27)26-20(28)25-15(24-26)10-23-17(11-6-2-4-8-13(11)21)16-12-7-3-5-9-14(12)29-18(16)25/h2,4,6,8H,3,5,7,9-10H2,1H3,(H,22,27). The van der Waals surface area contributed by atoms with Crippen LogP contribution in [0.3, 0.4) is 0 Å². The number of aliphatic imine (C=N–C) groups is 1. The molecule has 0 fully saturated rings. The number of rotatable bonds is 1. The van der Waals surface area contributed by atoms with Crippen LogP contribution in [0.15, 0.2) is 34.1 Å². The van der Waals surface area contributed by atoms with E-state index in [4.69, 9.17) is 16.6 Å². The van der Waals surface area contributed by atoms with Gasteiger partial charge in [-0.2, -0.15) is 0 Å². The summed E-state index contributed by atoms with van der Waals surface area (Å²) in [6.07, 6.45) is 4.16. The maximum absolute atomic E-state index is 13.1. The average molecular weight is 428 g/mol. The van der Waals surface area contributed by atoms with E-state index >= 15 is 0 Å². The fourth-order valence-corrected chi connectivity index (χ4v) is 5.64. The molecule has 1 aromatic carbocycles. The van der Waals surface area contributed by atoms with Crippen LogP contribution in [0.1, 0.15) is 40.2 Å². The largest absolute Gasteiger partial charge is 0.360 e. The molecule has 0 spiro atoms. The van der Waals surface area contributed by atoms with Crippen molar-refractivity contribution in [3.8, 4) is 5.00 Å². The van der Waals surface area contributed by atoms with E-state index in [1.807, 2.05) is 24.3 Å². The Hall–Kier alpha value is -2.71. The number of fused-ring (bicyclic) bond motifs is 5. The number of aromatic nitrogens is 3. The van der Waals surface area contributed by atoms with Crippen molar-refractivity contribution in [1.29, 1.82) is 0 Å². The molecule has 1 amide bonds. The van der Waals surface area contributed by atoms with Crippen LogP contribution in [0, 0.1) is 0 Å². The van der Waals surface area contributed by atoms with Gasteiger partial charge in [0.15, 0.2) is 5.82 Å². The zero-order valence-electron chi connectivity index (χ0n) is 15.7. The van der Waals surface area contributed by atoms with Crippen molar-refractivity contribution in [2.24, 2.45) is 4.99 Å². The van der Waals surface area contributed by atoms with Gasteiger partial charge in [0.05, 0.1) is 5.71 Å². The molecular formula is C20H18ClN5O2S. The molecule has 2 aliphatic rings. The summed E-state index contributed by atoms with van der Waals surface area (Å²) in [6, 6.07) is 7.06. The number of hydrogen-bond acceptors (Lipinski definition) is 5. The Bertz CT molecular complexity index is 1240. The maximum atomic E-state index is 13.1. The minimum absolute atomic E-state index is 0.190. The molecule has 0 bridgehead atoms. The molecule has 1 N–H and O–H groups in total. The zero-order chi connectivity index (χ0) is 20.1. The number of carbonyl (C=O) groups is 1. The highest BCUT2D eigenvalue weighted by Crippen LogP contribution is 2.40. The lowest BCUT2D eigenvalue weighted by Gasteiger charge is -2.15. The SMILES string of the molecule is CNC(=O)n1nc2n(c1=O)-c1sc3c(c1C(c1ccccc1Cl)=NC2)CCCC3. The normalized spacial score (nSPS) is 15.0. The Morgan fingerprint density at radius 2 is 2.03 bits per heavy atom. The summed E-state index contributed by atoms with van der Waals surface area (Å²) in [5.41, 5.74) is 3.35. The van der Waals surface area contributed by atoms with Crippen LogP contribution < -0.4 is 11.0 Å². The quantitative estimate of drug-likeness (QED) is 0.647. The van der Waals surface area contributed by atoms with E-state index in [1.54, 1.807) is 15.9 Å². The predicted molar refractivity (Wildman–Crippen MR) is 113 cm³/mol. The summed E-state index contributed by atoms with van der Waals surface area (Å²) in [4.78, 5) is 31.3. The summed E-state index contributed by atoms with van der Waals surface area (Å²) >= 11 is 8.11. The first-order chi connectivity index (χ1) is 14.1.